The second-order valence-corrected chi connectivity index (χ2v) is 15.4. The van der Waals surface area contributed by atoms with E-state index < -0.39 is 0 Å². The Hall–Kier alpha value is -8.07. The van der Waals surface area contributed by atoms with E-state index in [1.165, 1.54) is 39.4 Å². The lowest BCUT2D eigenvalue weighted by Gasteiger charge is -2.22. The summed E-state index contributed by atoms with van der Waals surface area (Å²) in [4.78, 5) is 0. The number of allylic oxidation sites excluding steroid dienone is 6. The first-order valence-electron chi connectivity index (χ1n) is 21.0. The number of benzene rings is 9. The molecule has 0 aliphatic rings. The van der Waals surface area contributed by atoms with E-state index >= 15 is 0 Å². The van der Waals surface area contributed by atoms with E-state index in [4.69, 9.17) is 5.73 Å². The summed E-state index contributed by atoms with van der Waals surface area (Å²) in [5.41, 5.74) is 22.6. The van der Waals surface area contributed by atoms with Gasteiger partial charge in [0.05, 0.1) is 5.71 Å². The molecule has 0 saturated carbocycles. The van der Waals surface area contributed by atoms with Gasteiger partial charge >= 0.3 is 0 Å². The Morgan fingerprint density at radius 1 is 0.419 bits per heavy atom. The summed E-state index contributed by atoms with van der Waals surface area (Å²) < 4.78 is 0. The van der Waals surface area contributed by atoms with E-state index in [9.17, 15) is 5.41 Å². The molecule has 0 fully saturated rings. The fourth-order valence-electron chi connectivity index (χ4n) is 8.65. The summed E-state index contributed by atoms with van der Waals surface area (Å²) in [7, 11) is 0. The highest BCUT2D eigenvalue weighted by Crippen LogP contribution is 2.48. The van der Waals surface area contributed by atoms with Crippen LogP contribution in [-0.2, 0) is 0 Å². The number of hydrogen-bond acceptors (Lipinski definition) is 2. The van der Waals surface area contributed by atoms with E-state index in [0.717, 1.165) is 71.8 Å². The highest BCUT2D eigenvalue weighted by atomic mass is 14.5. The molecular weight excluding hydrogens is 749 g/mol. The average Bonchev–Trinajstić information content (AvgIpc) is 3.34. The fraction of sp³-hybridized carbons (Fsp3) is 0.0167. The zero-order valence-corrected chi connectivity index (χ0v) is 34.7. The van der Waals surface area contributed by atoms with Crippen LogP contribution < -0.4 is 5.73 Å². The molecule has 0 radical (unpaired) electrons. The van der Waals surface area contributed by atoms with E-state index in [0.29, 0.717) is 5.71 Å². The number of nitrogens with two attached hydrogens (primary N) is 1. The Balaban J connectivity index is 1.26. The molecule has 62 heavy (non-hydrogen) atoms. The molecule has 0 heterocycles. The van der Waals surface area contributed by atoms with Crippen LogP contribution in [0.2, 0.25) is 0 Å². The van der Waals surface area contributed by atoms with Crippen LogP contribution in [0.25, 0.3) is 88.3 Å². The van der Waals surface area contributed by atoms with Crippen LogP contribution in [-0.4, -0.2) is 5.71 Å². The fourth-order valence-corrected chi connectivity index (χ4v) is 8.65. The molecule has 0 aliphatic heterocycles. The first kappa shape index (κ1) is 39.4. The monoisotopic (exact) mass is 794 g/mol. The molecule has 296 valence electrons. The predicted molar refractivity (Wildman–Crippen MR) is 266 cm³/mol. The van der Waals surface area contributed by atoms with Gasteiger partial charge in [0, 0.05) is 5.56 Å². The van der Waals surface area contributed by atoms with Gasteiger partial charge < -0.3 is 11.1 Å². The smallest absolute Gasteiger partial charge is 0.0612 e. The Bertz CT molecular complexity index is 3190. The van der Waals surface area contributed by atoms with Crippen molar-refractivity contribution in [2.24, 2.45) is 5.73 Å². The van der Waals surface area contributed by atoms with Gasteiger partial charge in [-0.1, -0.05) is 213 Å². The van der Waals surface area contributed by atoms with Crippen molar-refractivity contribution in [1.29, 1.82) is 5.41 Å². The zero-order chi connectivity index (χ0) is 42.4. The van der Waals surface area contributed by atoms with Crippen LogP contribution in [0.1, 0.15) is 12.5 Å². The SMILES string of the molecule is C=C(/C=C\C(=N)c1ccc2c(-c3ccccc3-c3ccc(-c4ccccc4)cc3)c3ccccc3c(-c3ccccc3-c3ccc(-c4ccccc4)cc3)c2c1)C(/C=C\N)=C/C. The van der Waals surface area contributed by atoms with Crippen molar-refractivity contribution in [2.45, 2.75) is 6.92 Å². The van der Waals surface area contributed by atoms with Gasteiger partial charge in [0.25, 0.3) is 0 Å². The molecule has 0 spiro atoms. The van der Waals surface area contributed by atoms with Crippen molar-refractivity contribution in [2.75, 3.05) is 0 Å². The lowest BCUT2D eigenvalue weighted by Crippen LogP contribution is -1.98. The minimum absolute atomic E-state index is 0.393. The molecule has 9 aromatic rings. The van der Waals surface area contributed by atoms with Gasteiger partial charge in [-0.15, -0.1) is 0 Å². The van der Waals surface area contributed by atoms with Crippen molar-refractivity contribution >= 4 is 27.3 Å². The third-order valence-electron chi connectivity index (χ3n) is 11.7. The normalized spacial score (nSPS) is 11.8. The molecule has 0 amide bonds. The largest absolute Gasteiger partial charge is 0.405 e. The van der Waals surface area contributed by atoms with Crippen LogP contribution in [0.3, 0.4) is 0 Å². The van der Waals surface area contributed by atoms with Crippen molar-refractivity contribution < 1.29 is 0 Å². The minimum Gasteiger partial charge on any atom is -0.405 e. The summed E-state index contributed by atoms with van der Waals surface area (Å²) in [6.45, 7) is 6.21. The molecule has 0 unspecified atom stereocenters. The maximum atomic E-state index is 9.36. The standard InChI is InChI=1S/C60H46N2/c1-3-42(38-39-61)41(2)26-37-58(62)49-35-36-56-57(40-49)60(53-23-13-11-21-51(53)48-33-29-46(30-34-48)44-18-8-5-9-19-44)55-25-15-14-24-54(55)59(56)52-22-12-10-20-50(52)47-31-27-45(28-32-47)43-16-6-4-7-17-43/h3-40,62H,2,61H2,1H3/b37-26-,39-38-,42-3+,62-58?. The predicted octanol–water partition coefficient (Wildman–Crippen LogP) is 15.9. The van der Waals surface area contributed by atoms with Crippen molar-refractivity contribution in [3.05, 3.63) is 254 Å². The van der Waals surface area contributed by atoms with Crippen molar-refractivity contribution in [3.8, 4) is 66.8 Å². The summed E-state index contributed by atoms with van der Waals surface area (Å²) >= 11 is 0. The summed E-state index contributed by atoms with van der Waals surface area (Å²) in [6, 6.07) is 71.6. The quantitative estimate of drug-likeness (QED) is 0.0765. The zero-order valence-electron chi connectivity index (χ0n) is 34.7. The van der Waals surface area contributed by atoms with Gasteiger partial charge in [-0.25, -0.2) is 0 Å². The van der Waals surface area contributed by atoms with Crippen LogP contribution >= 0.6 is 0 Å². The summed E-state index contributed by atoms with van der Waals surface area (Å²) in [5, 5.41) is 13.9. The number of fused-ring (bicyclic) bond motifs is 2. The van der Waals surface area contributed by atoms with Crippen LogP contribution in [0.15, 0.2) is 248 Å². The Morgan fingerprint density at radius 2 is 0.823 bits per heavy atom. The number of nitrogens with one attached hydrogen (secondary N) is 1. The van der Waals surface area contributed by atoms with Gasteiger partial charge in [-0.3, -0.25) is 0 Å². The second kappa shape index (κ2) is 17.6. The van der Waals surface area contributed by atoms with Gasteiger partial charge in [-0.2, -0.15) is 0 Å². The topological polar surface area (TPSA) is 49.9 Å². The van der Waals surface area contributed by atoms with E-state index in [-0.39, 0.29) is 0 Å². The lowest BCUT2D eigenvalue weighted by molar-refractivity contribution is 1.47. The average molecular weight is 795 g/mol. The molecule has 2 heteroatoms. The molecule has 0 atom stereocenters. The van der Waals surface area contributed by atoms with E-state index in [1.54, 1.807) is 0 Å². The molecule has 9 rings (SSSR count). The highest BCUT2D eigenvalue weighted by molar-refractivity contribution is 6.24. The van der Waals surface area contributed by atoms with Gasteiger partial charge in [-0.05, 0) is 131 Å². The van der Waals surface area contributed by atoms with Gasteiger partial charge in [0.2, 0.25) is 0 Å². The van der Waals surface area contributed by atoms with Crippen molar-refractivity contribution in [1.82, 2.24) is 0 Å². The van der Waals surface area contributed by atoms with E-state index in [2.05, 4.69) is 207 Å². The molecule has 0 aromatic heterocycles. The third kappa shape index (κ3) is 7.74. The minimum atomic E-state index is 0.393. The number of rotatable bonds is 11. The summed E-state index contributed by atoms with van der Waals surface area (Å²) in [5.74, 6) is 0. The molecule has 0 aliphatic carbocycles. The van der Waals surface area contributed by atoms with Gasteiger partial charge in [0.15, 0.2) is 0 Å². The highest BCUT2D eigenvalue weighted by Gasteiger charge is 2.21. The van der Waals surface area contributed by atoms with Crippen LogP contribution in [0.4, 0.5) is 0 Å². The Labute approximate surface area is 364 Å². The van der Waals surface area contributed by atoms with Crippen molar-refractivity contribution in [3.63, 3.8) is 0 Å². The van der Waals surface area contributed by atoms with Crippen LogP contribution in [0, 0.1) is 5.41 Å². The first-order valence-corrected chi connectivity index (χ1v) is 21.0. The van der Waals surface area contributed by atoms with Gasteiger partial charge in [0.1, 0.15) is 0 Å². The summed E-state index contributed by atoms with van der Waals surface area (Å²) in [6.07, 6.45) is 9.03. The second-order valence-electron chi connectivity index (χ2n) is 15.4. The van der Waals surface area contributed by atoms with Crippen LogP contribution in [0.5, 0.6) is 0 Å². The Morgan fingerprint density at radius 3 is 1.31 bits per heavy atom. The lowest BCUT2D eigenvalue weighted by atomic mass is 9.81. The molecule has 0 bridgehead atoms. The third-order valence-corrected chi connectivity index (χ3v) is 11.7. The molecule has 0 saturated heterocycles. The maximum Gasteiger partial charge on any atom is 0.0612 e. The molecule has 2 nitrogen and oxygen atoms in total. The molecule has 9 aromatic carbocycles. The molecular formula is C60H46N2. The van der Waals surface area contributed by atoms with E-state index in [1.807, 2.05) is 31.2 Å². The first-order chi connectivity index (χ1) is 30.5. The Kier molecular flexibility index (Phi) is 11.2. The number of hydrogen-bond donors (Lipinski definition) is 2. The maximum absolute atomic E-state index is 9.36. The molecule has 3 N–H and O–H groups in total.